The van der Waals surface area contributed by atoms with E-state index in [0.29, 0.717) is 16.5 Å². The average molecular weight is 340 g/mol. The highest BCUT2D eigenvalue weighted by molar-refractivity contribution is 6.33. The van der Waals surface area contributed by atoms with Crippen molar-refractivity contribution < 1.29 is 9.90 Å². The summed E-state index contributed by atoms with van der Waals surface area (Å²) in [7, 11) is 0. The molecular weight excluding hydrogens is 322 g/mol. The third-order valence-electron chi connectivity index (χ3n) is 5.10. The molecule has 0 spiro atoms. The van der Waals surface area contributed by atoms with Gasteiger partial charge < -0.3 is 10.4 Å². The van der Waals surface area contributed by atoms with Crippen molar-refractivity contribution in [3.05, 3.63) is 75.8 Å². The minimum atomic E-state index is -0.905. The molecular formula is C20H18ClNO2. The van der Waals surface area contributed by atoms with Crippen molar-refractivity contribution in [2.45, 2.75) is 25.3 Å². The number of hydrogen-bond acceptors (Lipinski definition) is 2. The Morgan fingerprint density at radius 2 is 2.12 bits per heavy atom. The van der Waals surface area contributed by atoms with Crippen molar-refractivity contribution in [3.8, 4) is 0 Å². The predicted octanol–water partition coefficient (Wildman–Crippen LogP) is 5.17. The fraction of sp³-hybridized carbons (Fsp3) is 0.250. The topological polar surface area (TPSA) is 49.3 Å². The van der Waals surface area contributed by atoms with Gasteiger partial charge in [-0.15, -0.1) is 0 Å². The number of carboxylic acids is 1. The number of hydrogen-bond donors (Lipinski definition) is 2. The van der Waals surface area contributed by atoms with Gasteiger partial charge in [-0.1, -0.05) is 53.6 Å². The van der Waals surface area contributed by atoms with Crippen molar-refractivity contribution in [1.82, 2.24) is 0 Å². The molecule has 1 heterocycles. The Balaban J connectivity index is 1.88. The van der Waals surface area contributed by atoms with E-state index in [2.05, 4.69) is 48.7 Å². The molecule has 4 heteroatoms. The van der Waals surface area contributed by atoms with E-state index in [0.717, 1.165) is 17.7 Å². The van der Waals surface area contributed by atoms with Crippen LogP contribution in [0.15, 0.2) is 48.6 Å². The lowest BCUT2D eigenvalue weighted by Gasteiger charge is -2.38. The SMILES string of the molecule is Cc1cccc([C@@H]2Nc3c(Cl)ccc(C(=O)O)c3[C@H]3C=CC[C@@H]32)c1. The quantitative estimate of drug-likeness (QED) is 0.742. The molecule has 0 aromatic heterocycles. The Morgan fingerprint density at radius 1 is 1.29 bits per heavy atom. The predicted molar refractivity (Wildman–Crippen MR) is 95.9 cm³/mol. The van der Waals surface area contributed by atoms with Crippen LogP contribution in [0, 0.1) is 12.8 Å². The first-order valence-corrected chi connectivity index (χ1v) is 8.49. The van der Waals surface area contributed by atoms with Crippen LogP contribution in [0.3, 0.4) is 0 Å². The molecule has 1 aliphatic heterocycles. The summed E-state index contributed by atoms with van der Waals surface area (Å²) in [6, 6.07) is 11.9. The molecule has 2 N–H and O–H groups in total. The minimum Gasteiger partial charge on any atom is -0.478 e. The van der Waals surface area contributed by atoms with Crippen LogP contribution >= 0.6 is 11.6 Å². The summed E-state index contributed by atoms with van der Waals surface area (Å²) in [6.07, 6.45) is 5.22. The molecule has 0 amide bonds. The first-order valence-electron chi connectivity index (χ1n) is 8.11. The van der Waals surface area contributed by atoms with E-state index in [-0.39, 0.29) is 12.0 Å². The molecule has 3 nitrogen and oxygen atoms in total. The van der Waals surface area contributed by atoms with Gasteiger partial charge in [0.05, 0.1) is 22.3 Å². The average Bonchev–Trinajstić information content (AvgIpc) is 3.04. The molecule has 24 heavy (non-hydrogen) atoms. The summed E-state index contributed by atoms with van der Waals surface area (Å²) < 4.78 is 0. The second-order valence-corrected chi connectivity index (χ2v) is 6.99. The van der Waals surface area contributed by atoms with Crippen molar-refractivity contribution in [2.24, 2.45) is 5.92 Å². The number of nitrogens with one attached hydrogen (secondary N) is 1. The summed E-state index contributed by atoms with van der Waals surface area (Å²) in [5, 5.41) is 13.7. The fourth-order valence-corrected chi connectivity index (χ4v) is 4.27. The number of carbonyl (C=O) groups is 1. The Morgan fingerprint density at radius 3 is 2.88 bits per heavy atom. The number of aromatic carboxylic acids is 1. The molecule has 1 aliphatic carbocycles. The summed E-state index contributed by atoms with van der Waals surface area (Å²) in [6.45, 7) is 2.08. The van der Waals surface area contributed by atoms with Gasteiger partial charge in [0.15, 0.2) is 0 Å². The van der Waals surface area contributed by atoms with E-state index in [1.165, 1.54) is 11.1 Å². The highest BCUT2D eigenvalue weighted by Crippen LogP contribution is 2.52. The van der Waals surface area contributed by atoms with E-state index < -0.39 is 5.97 Å². The molecule has 0 unspecified atom stereocenters. The summed E-state index contributed by atoms with van der Waals surface area (Å²) >= 11 is 6.41. The number of rotatable bonds is 2. The number of fused-ring (bicyclic) bond motifs is 3. The van der Waals surface area contributed by atoms with Crippen molar-refractivity contribution in [3.63, 3.8) is 0 Å². The molecule has 4 rings (SSSR count). The van der Waals surface area contributed by atoms with Crippen LogP contribution in [0.25, 0.3) is 0 Å². The van der Waals surface area contributed by atoms with E-state index in [4.69, 9.17) is 11.6 Å². The van der Waals surface area contributed by atoms with E-state index in [1.54, 1.807) is 12.1 Å². The Hall–Kier alpha value is -2.26. The zero-order valence-corrected chi connectivity index (χ0v) is 14.0. The first-order chi connectivity index (χ1) is 11.6. The van der Waals surface area contributed by atoms with Crippen LogP contribution in [0.4, 0.5) is 5.69 Å². The molecule has 0 saturated carbocycles. The van der Waals surface area contributed by atoms with Crippen LogP contribution in [0.1, 0.15) is 45.4 Å². The molecule has 0 saturated heterocycles. The maximum absolute atomic E-state index is 11.7. The Labute approximate surface area is 146 Å². The lowest BCUT2D eigenvalue weighted by Crippen LogP contribution is -2.30. The van der Waals surface area contributed by atoms with Gasteiger partial charge in [-0.3, -0.25) is 0 Å². The summed E-state index contributed by atoms with van der Waals surface area (Å²) in [5.74, 6) is -0.523. The van der Waals surface area contributed by atoms with Crippen molar-refractivity contribution >= 4 is 23.3 Å². The summed E-state index contributed by atoms with van der Waals surface area (Å²) in [5.41, 5.74) is 4.35. The van der Waals surface area contributed by atoms with Crippen LogP contribution in [-0.4, -0.2) is 11.1 Å². The van der Waals surface area contributed by atoms with Crippen molar-refractivity contribution in [2.75, 3.05) is 5.32 Å². The molecule has 2 aromatic carbocycles. The number of anilines is 1. The lowest BCUT2D eigenvalue weighted by molar-refractivity contribution is 0.0695. The zero-order valence-electron chi connectivity index (χ0n) is 13.3. The van der Waals surface area contributed by atoms with Gasteiger partial charge in [0.1, 0.15) is 0 Å². The van der Waals surface area contributed by atoms with Crippen LogP contribution in [-0.2, 0) is 0 Å². The standard InChI is InChI=1S/C20H18ClNO2/c1-11-4-2-5-12(10-11)18-14-7-3-6-13(14)17-15(20(23)24)8-9-16(21)19(17)22-18/h2-6,8-10,13-14,18,22H,7H2,1H3,(H,23,24)/t13-,14-,18-/m0/s1. The third kappa shape index (κ3) is 2.31. The molecule has 2 aliphatic rings. The van der Waals surface area contributed by atoms with Crippen LogP contribution < -0.4 is 5.32 Å². The number of carboxylic acid groups (broad SMARTS) is 1. The Bertz CT molecular complexity index is 859. The molecule has 122 valence electrons. The third-order valence-corrected chi connectivity index (χ3v) is 5.42. The highest BCUT2D eigenvalue weighted by atomic mass is 35.5. The second-order valence-electron chi connectivity index (χ2n) is 6.58. The van der Waals surface area contributed by atoms with Gasteiger partial charge in [-0.25, -0.2) is 4.79 Å². The molecule has 2 aromatic rings. The van der Waals surface area contributed by atoms with Gasteiger partial charge >= 0.3 is 5.97 Å². The normalized spacial score (nSPS) is 24.2. The largest absolute Gasteiger partial charge is 0.478 e. The molecule has 0 fully saturated rings. The van der Waals surface area contributed by atoms with Gasteiger partial charge in [-0.2, -0.15) is 0 Å². The van der Waals surface area contributed by atoms with Crippen molar-refractivity contribution in [1.29, 1.82) is 0 Å². The van der Waals surface area contributed by atoms with Gasteiger partial charge in [0.2, 0.25) is 0 Å². The number of allylic oxidation sites excluding steroid dienone is 2. The molecule has 0 radical (unpaired) electrons. The fourth-order valence-electron chi connectivity index (χ4n) is 4.05. The Kier molecular flexibility index (Phi) is 3.61. The van der Waals surface area contributed by atoms with E-state index in [1.807, 2.05) is 0 Å². The monoisotopic (exact) mass is 339 g/mol. The zero-order chi connectivity index (χ0) is 16.8. The van der Waals surface area contributed by atoms with E-state index in [9.17, 15) is 9.90 Å². The minimum absolute atomic E-state index is 0.0802. The maximum atomic E-state index is 11.7. The lowest BCUT2D eigenvalue weighted by atomic mass is 9.75. The number of halogens is 1. The number of aryl methyl sites for hydroxylation is 1. The summed E-state index contributed by atoms with van der Waals surface area (Å²) in [4.78, 5) is 11.7. The van der Waals surface area contributed by atoms with Crippen LogP contribution in [0.2, 0.25) is 5.02 Å². The smallest absolute Gasteiger partial charge is 0.336 e. The number of benzene rings is 2. The molecule has 0 bridgehead atoms. The first kappa shape index (κ1) is 15.3. The van der Waals surface area contributed by atoms with E-state index >= 15 is 0 Å². The highest BCUT2D eigenvalue weighted by Gasteiger charge is 2.40. The second kappa shape index (κ2) is 5.67. The van der Waals surface area contributed by atoms with Gasteiger partial charge in [0, 0.05) is 5.92 Å². The van der Waals surface area contributed by atoms with Gasteiger partial charge in [0.25, 0.3) is 0 Å². The van der Waals surface area contributed by atoms with Crippen LogP contribution in [0.5, 0.6) is 0 Å². The van der Waals surface area contributed by atoms with Gasteiger partial charge in [-0.05, 0) is 42.5 Å². The maximum Gasteiger partial charge on any atom is 0.336 e. The molecule has 3 atom stereocenters.